The Morgan fingerprint density at radius 2 is 2.08 bits per heavy atom. The summed E-state index contributed by atoms with van der Waals surface area (Å²) in [6.45, 7) is 8.18. The standard InChI is InChI=1S/C21H24INO3/c1-5-26-20(25)17-12(2)23-15-10-21(3,4)11-16(24)19(15)18(17)13-7-6-8-14(22)9-13/h6-9,17-18H,5,10-11H2,1-4H3/t17?,18-/m1/s1. The molecule has 0 spiro atoms. The number of esters is 1. The van der Waals surface area contributed by atoms with Crippen molar-refractivity contribution in [1.82, 2.24) is 0 Å². The fraction of sp³-hybridized carbons (Fsp3) is 0.476. The molecule has 0 N–H and O–H groups in total. The molecule has 1 unspecified atom stereocenters. The molecule has 138 valence electrons. The molecular formula is C21H24INO3. The van der Waals surface area contributed by atoms with Gasteiger partial charge in [-0.1, -0.05) is 26.0 Å². The Labute approximate surface area is 168 Å². The number of benzene rings is 1. The maximum absolute atomic E-state index is 13.1. The average Bonchev–Trinajstić information content (AvgIpc) is 2.52. The molecule has 0 saturated heterocycles. The van der Waals surface area contributed by atoms with Gasteiger partial charge >= 0.3 is 5.97 Å². The molecule has 2 aliphatic rings. The van der Waals surface area contributed by atoms with Gasteiger partial charge in [-0.15, -0.1) is 0 Å². The van der Waals surface area contributed by atoms with Gasteiger partial charge in [0, 0.05) is 32.9 Å². The number of rotatable bonds is 3. The van der Waals surface area contributed by atoms with Crippen LogP contribution in [-0.2, 0) is 14.3 Å². The summed E-state index contributed by atoms with van der Waals surface area (Å²) in [7, 11) is 0. The zero-order valence-electron chi connectivity index (χ0n) is 15.6. The number of ketones is 1. The minimum Gasteiger partial charge on any atom is -0.465 e. The average molecular weight is 465 g/mol. The van der Waals surface area contributed by atoms with Gasteiger partial charge in [0.05, 0.1) is 6.61 Å². The first-order chi connectivity index (χ1) is 12.2. The van der Waals surface area contributed by atoms with Crippen LogP contribution < -0.4 is 0 Å². The summed E-state index contributed by atoms with van der Waals surface area (Å²) in [5, 5.41) is 0. The summed E-state index contributed by atoms with van der Waals surface area (Å²) in [6.07, 6.45) is 1.23. The lowest BCUT2D eigenvalue weighted by molar-refractivity contribution is -0.146. The topological polar surface area (TPSA) is 55.7 Å². The minimum atomic E-state index is -0.544. The Balaban J connectivity index is 2.18. The number of hydrogen-bond acceptors (Lipinski definition) is 4. The van der Waals surface area contributed by atoms with Gasteiger partial charge in [-0.2, -0.15) is 0 Å². The zero-order chi connectivity index (χ0) is 19.1. The first kappa shape index (κ1) is 19.3. The number of allylic oxidation sites excluding steroid dienone is 2. The second kappa shape index (κ2) is 7.25. The summed E-state index contributed by atoms with van der Waals surface area (Å²) in [4.78, 5) is 30.5. The fourth-order valence-corrected chi connectivity index (χ4v) is 4.61. The summed E-state index contributed by atoms with van der Waals surface area (Å²) in [5.41, 5.74) is 3.15. The van der Waals surface area contributed by atoms with Crippen LogP contribution in [0.5, 0.6) is 0 Å². The third-order valence-corrected chi connectivity index (χ3v) is 5.72. The van der Waals surface area contributed by atoms with Gasteiger partial charge in [-0.3, -0.25) is 14.6 Å². The van der Waals surface area contributed by atoms with Crippen LogP contribution in [0, 0.1) is 14.9 Å². The van der Waals surface area contributed by atoms with Gasteiger partial charge in [0.25, 0.3) is 0 Å². The van der Waals surface area contributed by atoms with Crippen LogP contribution in [0.3, 0.4) is 0 Å². The Bertz CT molecular complexity index is 822. The summed E-state index contributed by atoms with van der Waals surface area (Å²) >= 11 is 2.26. The molecule has 3 rings (SSSR count). The van der Waals surface area contributed by atoms with Gasteiger partial charge in [0.15, 0.2) is 5.78 Å². The van der Waals surface area contributed by atoms with Crippen LogP contribution >= 0.6 is 22.6 Å². The van der Waals surface area contributed by atoms with E-state index < -0.39 is 5.92 Å². The van der Waals surface area contributed by atoms with Crippen molar-refractivity contribution in [2.75, 3.05) is 6.61 Å². The molecule has 4 nitrogen and oxygen atoms in total. The van der Waals surface area contributed by atoms with E-state index in [0.717, 1.165) is 27.0 Å². The van der Waals surface area contributed by atoms with Crippen molar-refractivity contribution in [1.29, 1.82) is 0 Å². The molecule has 1 aliphatic carbocycles. The molecule has 1 aromatic carbocycles. The van der Waals surface area contributed by atoms with Crippen molar-refractivity contribution < 1.29 is 14.3 Å². The van der Waals surface area contributed by atoms with Crippen molar-refractivity contribution in [2.45, 2.75) is 46.5 Å². The normalized spacial score (nSPS) is 24.8. The van der Waals surface area contributed by atoms with E-state index >= 15 is 0 Å². The molecular weight excluding hydrogens is 441 g/mol. The Morgan fingerprint density at radius 1 is 1.35 bits per heavy atom. The van der Waals surface area contributed by atoms with Crippen molar-refractivity contribution in [3.8, 4) is 0 Å². The lowest BCUT2D eigenvalue weighted by Gasteiger charge is -2.39. The van der Waals surface area contributed by atoms with Gasteiger partial charge in [0.2, 0.25) is 0 Å². The van der Waals surface area contributed by atoms with E-state index in [1.54, 1.807) is 6.92 Å². The number of ether oxygens (including phenoxy) is 1. The Morgan fingerprint density at radius 3 is 2.73 bits per heavy atom. The smallest absolute Gasteiger partial charge is 0.315 e. The predicted octanol–water partition coefficient (Wildman–Crippen LogP) is 4.67. The third kappa shape index (κ3) is 3.63. The lowest BCUT2D eigenvalue weighted by Crippen LogP contribution is -2.39. The minimum absolute atomic E-state index is 0.102. The van der Waals surface area contributed by atoms with Crippen molar-refractivity contribution >= 4 is 40.1 Å². The van der Waals surface area contributed by atoms with E-state index in [1.807, 2.05) is 31.2 Å². The highest BCUT2D eigenvalue weighted by atomic mass is 127. The Hall–Kier alpha value is -1.50. The number of nitrogens with zero attached hydrogens (tertiary/aromatic N) is 1. The van der Waals surface area contributed by atoms with Crippen molar-refractivity contribution in [3.63, 3.8) is 0 Å². The van der Waals surface area contributed by atoms with Gasteiger partial charge in [-0.05, 0) is 66.0 Å². The van der Waals surface area contributed by atoms with E-state index in [4.69, 9.17) is 9.73 Å². The van der Waals surface area contributed by atoms with Crippen LogP contribution in [-0.4, -0.2) is 24.1 Å². The summed E-state index contributed by atoms with van der Waals surface area (Å²) in [5.74, 6) is -1.07. The second-order valence-electron chi connectivity index (χ2n) is 7.82. The second-order valence-corrected chi connectivity index (χ2v) is 9.06. The van der Waals surface area contributed by atoms with Gasteiger partial charge in [0.1, 0.15) is 5.92 Å². The molecule has 2 atom stereocenters. The molecule has 26 heavy (non-hydrogen) atoms. The molecule has 0 bridgehead atoms. The molecule has 1 aliphatic heterocycles. The van der Waals surface area contributed by atoms with Crippen LogP contribution in [0.15, 0.2) is 40.5 Å². The van der Waals surface area contributed by atoms with Gasteiger partial charge in [-0.25, -0.2) is 0 Å². The third-order valence-electron chi connectivity index (χ3n) is 5.05. The SMILES string of the molecule is CCOC(=O)C1C(C)=NC2=C(C(=O)CC(C)(C)C2)[C@@H]1c1cccc(I)c1. The number of hydrogen-bond donors (Lipinski definition) is 0. The highest BCUT2D eigenvalue weighted by Crippen LogP contribution is 2.48. The molecule has 1 aromatic rings. The first-order valence-corrected chi connectivity index (χ1v) is 10.0. The van der Waals surface area contributed by atoms with Crippen LogP contribution in [0.2, 0.25) is 0 Å². The fourth-order valence-electron chi connectivity index (χ4n) is 4.04. The highest BCUT2D eigenvalue weighted by Gasteiger charge is 2.45. The first-order valence-electron chi connectivity index (χ1n) is 8.97. The maximum atomic E-state index is 13.1. The monoisotopic (exact) mass is 465 g/mol. The molecule has 0 amide bonds. The molecule has 0 radical (unpaired) electrons. The number of carbonyl (C=O) groups excluding carboxylic acids is 2. The van der Waals surface area contributed by atoms with E-state index in [1.165, 1.54) is 0 Å². The van der Waals surface area contributed by atoms with E-state index in [-0.39, 0.29) is 23.1 Å². The number of aliphatic imine (C=N–C) groups is 1. The molecule has 0 saturated carbocycles. The maximum Gasteiger partial charge on any atom is 0.315 e. The lowest BCUT2D eigenvalue weighted by atomic mass is 9.67. The van der Waals surface area contributed by atoms with Crippen molar-refractivity contribution in [2.24, 2.45) is 16.3 Å². The number of Topliss-reactive ketones (excluding diaryl/α,β-unsaturated/α-hetero) is 1. The largest absolute Gasteiger partial charge is 0.465 e. The zero-order valence-corrected chi connectivity index (χ0v) is 17.8. The van der Waals surface area contributed by atoms with Crippen LogP contribution in [0.4, 0.5) is 0 Å². The number of carbonyl (C=O) groups is 2. The summed E-state index contributed by atoms with van der Waals surface area (Å²) in [6, 6.07) is 8.02. The van der Waals surface area contributed by atoms with Gasteiger partial charge < -0.3 is 4.74 Å². The number of halogens is 1. The molecule has 0 fully saturated rings. The van der Waals surface area contributed by atoms with Crippen molar-refractivity contribution in [3.05, 3.63) is 44.7 Å². The van der Waals surface area contributed by atoms with Crippen LogP contribution in [0.25, 0.3) is 0 Å². The van der Waals surface area contributed by atoms with E-state index in [9.17, 15) is 9.59 Å². The summed E-state index contributed by atoms with van der Waals surface area (Å²) < 4.78 is 6.41. The Kier molecular flexibility index (Phi) is 5.37. The molecule has 1 heterocycles. The van der Waals surface area contributed by atoms with E-state index in [0.29, 0.717) is 18.6 Å². The van der Waals surface area contributed by atoms with Crippen LogP contribution in [0.1, 0.15) is 52.0 Å². The predicted molar refractivity (Wildman–Crippen MR) is 110 cm³/mol. The van der Waals surface area contributed by atoms with E-state index in [2.05, 4.69) is 36.4 Å². The molecule has 5 heteroatoms. The quantitative estimate of drug-likeness (QED) is 0.482. The molecule has 0 aromatic heterocycles. The highest BCUT2D eigenvalue weighted by molar-refractivity contribution is 14.1.